The highest BCUT2D eigenvalue weighted by Crippen LogP contribution is 2.25. The van der Waals surface area contributed by atoms with Crippen molar-refractivity contribution in [2.75, 3.05) is 11.9 Å². The number of nitrogens with one attached hydrogen (secondary N) is 4. The van der Waals surface area contributed by atoms with E-state index in [1.165, 1.54) is 12.0 Å². The van der Waals surface area contributed by atoms with Crippen molar-refractivity contribution < 1.29 is 23.9 Å². The summed E-state index contributed by atoms with van der Waals surface area (Å²) in [7, 11) is 0. The van der Waals surface area contributed by atoms with Crippen molar-refractivity contribution in [3.8, 4) is 0 Å². The Labute approximate surface area is 228 Å². The number of hydrogen-bond acceptors (Lipinski definition) is 6. The second kappa shape index (κ2) is 15.5. The third-order valence-corrected chi connectivity index (χ3v) is 6.41. The minimum absolute atomic E-state index is 0.0148. The summed E-state index contributed by atoms with van der Waals surface area (Å²) in [5.74, 6) is -1.34. The molecule has 202 valence electrons. The van der Waals surface area contributed by atoms with Crippen LogP contribution in [0.15, 0.2) is 54.6 Å². The first-order valence-electron chi connectivity index (χ1n) is 12.9. The average Bonchev–Trinajstić information content (AvgIpc) is 2.94. The van der Waals surface area contributed by atoms with Gasteiger partial charge < -0.3 is 15.4 Å². The number of carbonyl (C=O) groups excluding carboxylic acids is 4. The van der Waals surface area contributed by atoms with Crippen molar-refractivity contribution in [2.45, 2.75) is 57.8 Å². The number of rotatable bonds is 10. The predicted octanol–water partition coefficient (Wildman–Crippen LogP) is 3.80. The highest BCUT2D eigenvalue weighted by atomic mass is 32.1. The van der Waals surface area contributed by atoms with Crippen molar-refractivity contribution in [2.24, 2.45) is 5.92 Å². The van der Waals surface area contributed by atoms with Crippen LogP contribution in [-0.4, -0.2) is 35.4 Å². The third-order valence-electron chi connectivity index (χ3n) is 6.20. The molecule has 0 bridgehead atoms. The summed E-state index contributed by atoms with van der Waals surface area (Å²) >= 11 is 5.02. The summed E-state index contributed by atoms with van der Waals surface area (Å²) in [6, 6.07) is 16.4. The lowest BCUT2D eigenvalue weighted by molar-refractivity contribution is -0.145. The molecule has 2 aromatic rings. The van der Waals surface area contributed by atoms with Crippen molar-refractivity contribution in [1.29, 1.82) is 0 Å². The predicted molar refractivity (Wildman–Crippen MR) is 148 cm³/mol. The van der Waals surface area contributed by atoms with Crippen LogP contribution in [0.25, 0.3) is 0 Å². The molecule has 4 N–H and O–H groups in total. The molecular formula is C28H34N4O5S. The fourth-order valence-electron chi connectivity index (χ4n) is 4.11. The zero-order chi connectivity index (χ0) is 27.2. The van der Waals surface area contributed by atoms with Crippen LogP contribution in [0.5, 0.6) is 0 Å². The van der Waals surface area contributed by atoms with E-state index >= 15 is 0 Å². The van der Waals surface area contributed by atoms with Crippen molar-refractivity contribution in [3.05, 3.63) is 65.7 Å². The van der Waals surface area contributed by atoms with Crippen LogP contribution in [0.3, 0.4) is 0 Å². The van der Waals surface area contributed by atoms with Crippen LogP contribution in [0.2, 0.25) is 0 Å². The summed E-state index contributed by atoms with van der Waals surface area (Å²) < 4.78 is 5.16. The van der Waals surface area contributed by atoms with Gasteiger partial charge >= 0.3 is 5.97 Å². The zero-order valence-electron chi connectivity index (χ0n) is 21.3. The minimum Gasteiger partial charge on any atom is -0.466 e. The number of anilines is 1. The summed E-state index contributed by atoms with van der Waals surface area (Å²) in [6.45, 7) is 0.287. The fraction of sp³-hybridized carbons (Fsp3) is 0.393. The summed E-state index contributed by atoms with van der Waals surface area (Å²) in [4.78, 5) is 48.6. The summed E-state index contributed by atoms with van der Waals surface area (Å²) in [5.41, 5.74) is 7.01. The Morgan fingerprint density at radius 2 is 1.58 bits per heavy atom. The molecule has 10 heteroatoms. The lowest BCUT2D eigenvalue weighted by Gasteiger charge is -2.20. The van der Waals surface area contributed by atoms with Gasteiger partial charge in [-0.1, -0.05) is 49.6 Å². The maximum Gasteiger partial charge on any atom is 0.306 e. The minimum atomic E-state index is -0.476. The first-order valence-corrected chi connectivity index (χ1v) is 13.3. The number of carbonyl (C=O) groups is 4. The van der Waals surface area contributed by atoms with Gasteiger partial charge in [0.1, 0.15) is 0 Å². The van der Waals surface area contributed by atoms with E-state index in [1.54, 1.807) is 24.3 Å². The molecule has 1 aliphatic carbocycles. The maximum atomic E-state index is 12.4. The van der Waals surface area contributed by atoms with Gasteiger partial charge in [-0.2, -0.15) is 0 Å². The Bertz CT molecular complexity index is 1100. The monoisotopic (exact) mass is 538 g/mol. The van der Waals surface area contributed by atoms with E-state index in [-0.39, 0.29) is 36.4 Å². The third kappa shape index (κ3) is 10.3. The van der Waals surface area contributed by atoms with Crippen LogP contribution < -0.4 is 21.5 Å². The van der Waals surface area contributed by atoms with Crippen molar-refractivity contribution >= 4 is 46.7 Å². The molecule has 0 spiro atoms. The lowest BCUT2D eigenvalue weighted by Crippen LogP contribution is -2.48. The molecule has 0 atom stereocenters. The highest BCUT2D eigenvalue weighted by Gasteiger charge is 2.21. The first-order chi connectivity index (χ1) is 18.4. The van der Waals surface area contributed by atoms with Crippen LogP contribution >= 0.6 is 12.2 Å². The Morgan fingerprint density at radius 1 is 0.868 bits per heavy atom. The standard InChI is InChI=1S/C28H34N4O5S/c33-24(17-18-25(34)37-19-7-10-20-8-3-1-4-9-20)30-28(38)32-31-27(36)22-13-15-23(16-14-22)29-26(35)21-11-5-2-6-12-21/h1,3-4,8-9,13-16,21H,2,5-7,10-12,17-19H2,(H,29,35)(H,31,36)(H2,30,32,33,38). The molecular weight excluding hydrogens is 504 g/mol. The number of ether oxygens (including phenoxy) is 1. The molecule has 0 heterocycles. The smallest absolute Gasteiger partial charge is 0.306 e. The van der Waals surface area contributed by atoms with Gasteiger partial charge in [0, 0.05) is 23.6 Å². The molecule has 2 aromatic carbocycles. The molecule has 0 radical (unpaired) electrons. The molecule has 0 aliphatic heterocycles. The maximum absolute atomic E-state index is 12.4. The highest BCUT2D eigenvalue weighted by molar-refractivity contribution is 7.80. The summed E-state index contributed by atoms with van der Waals surface area (Å²) in [6.07, 6.45) is 6.50. The molecule has 1 fully saturated rings. The lowest BCUT2D eigenvalue weighted by atomic mass is 9.88. The molecule has 3 rings (SSSR count). The Hall–Kier alpha value is -3.79. The molecule has 0 saturated heterocycles. The van der Waals surface area contributed by atoms with Gasteiger partial charge in [-0.15, -0.1) is 0 Å². The Kier molecular flexibility index (Phi) is 11.7. The van der Waals surface area contributed by atoms with Gasteiger partial charge in [0.25, 0.3) is 5.91 Å². The number of esters is 1. The van der Waals surface area contributed by atoms with Crippen LogP contribution in [0, 0.1) is 5.92 Å². The molecule has 38 heavy (non-hydrogen) atoms. The molecule has 9 nitrogen and oxygen atoms in total. The van der Waals surface area contributed by atoms with E-state index in [4.69, 9.17) is 17.0 Å². The normalized spacial score (nSPS) is 13.2. The second-order valence-corrected chi connectivity index (χ2v) is 9.58. The molecule has 0 aromatic heterocycles. The SMILES string of the molecule is O=C(CCC(=O)OCCCc1ccccc1)NC(=S)NNC(=O)c1ccc(NC(=O)C2CCCCC2)cc1. The molecule has 1 saturated carbocycles. The number of benzene rings is 2. The number of aryl methyl sites for hydroxylation is 1. The van der Waals surface area contributed by atoms with Crippen LogP contribution in [-0.2, 0) is 25.5 Å². The quantitative estimate of drug-likeness (QED) is 0.157. The molecule has 0 unspecified atom stereocenters. The number of thiocarbonyl (C=S) groups is 1. The van der Waals surface area contributed by atoms with Crippen LogP contribution in [0.1, 0.15) is 67.3 Å². The van der Waals surface area contributed by atoms with Gasteiger partial charge in [-0.25, -0.2) is 0 Å². The van der Waals surface area contributed by atoms with E-state index < -0.39 is 17.8 Å². The Morgan fingerprint density at radius 3 is 2.29 bits per heavy atom. The van der Waals surface area contributed by atoms with Gasteiger partial charge in [0.05, 0.1) is 13.0 Å². The van der Waals surface area contributed by atoms with E-state index in [0.717, 1.165) is 32.1 Å². The largest absolute Gasteiger partial charge is 0.466 e. The average molecular weight is 539 g/mol. The van der Waals surface area contributed by atoms with Gasteiger partial charge in [0.15, 0.2) is 5.11 Å². The van der Waals surface area contributed by atoms with E-state index in [0.29, 0.717) is 17.7 Å². The van der Waals surface area contributed by atoms with Crippen molar-refractivity contribution in [1.82, 2.24) is 16.2 Å². The number of amides is 3. The fourth-order valence-corrected chi connectivity index (χ4v) is 4.28. The van der Waals surface area contributed by atoms with Crippen LogP contribution in [0.4, 0.5) is 5.69 Å². The van der Waals surface area contributed by atoms with Gasteiger partial charge in [-0.3, -0.25) is 30.0 Å². The van der Waals surface area contributed by atoms with Crippen molar-refractivity contribution in [3.63, 3.8) is 0 Å². The van der Waals surface area contributed by atoms with E-state index in [2.05, 4.69) is 21.5 Å². The van der Waals surface area contributed by atoms with Gasteiger partial charge in [-0.05, 0) is 67.7 Å². The zero-order valence-corrected chi connectivity index (χ0v) is 22.1. The molecule has 1 aliphatic rings. The van der Waals surface area contributed by atoms with E-state index in [9.17, 15) is 19.2 Å². The molecule has 3 amide bonds. The van der Waals surface area contributed by atoms with E-state index in [1.807, 2.05) is 30.3 Å². The number of hydrogen-bond donors (Lipinski definition) is 4. The first kappa shape index (κ1) is 28.8. The number of hydrazine groups is 1. The Balaban J connectivity index is 1.28. The van der Waals surface area contributed by atoms with Gasteiger partial charge in [0.2, 0.25) is 11.8 Å². The topological polar surface area (TPSA) is 126 Å². The summed E-state index contributed by atoms with van der Waals surface area (Å²) in [5, 5.41) is 5.21. The second-order valence-electron chi connectivity index (χ2n) is 9.17.